The molecule has 1 aliphatic rings. The van der Waals surface area contributed by atoms with E-state index in [9.17, 15) is 9.59 Å². The Labute approximate surface area is 127 Å². The monoisotopic (exact) mass is 298 g/mol. The van der Waals surface area contributed by atoms with Gasteiger partial charge in [-0.05, 0) is 50.0 Å². The number of likely N-dealkylation sites (tertiary alicyclic amines) is 1. The summed E-state index contributed by atoms with van der Waals surface area (Å²) in [6.45, 7) is 6.37. The molecular formula is C16H30N2O3. The third-order valence-corrected chi connectivity index (χ3v) is 4.24. The molecule has 0 bridgehead atoms. The van der Waals surface area contributed by atoms with Gasteiger partial charge in [-0.3, -0.25) is 9.59 Å². The summed E-state index contributed by atoms with van der Waals surface area (Å²) < 4.78 is 0. The summed E-state index contributed by atoms with van der Waals surface area (Å²) in [5.41, 5.74) is 5.77. The van der Waals surface area contributed by atoms with Crippen molar-refractivity contribution < 1.29 is 14.7 Å². The lowest BCUT2D eigenvalue weighted by molar-refractivity contribution is -0.137. The summed E-state index contributed by atoms with van der Waals surface area (Å²) in [5.74, 6) is 0.581. The van der Waals surface area contributed by atoms with Crippen molar-refractivity contribution in [2.24, 2.45) is 23.5 Å². The van der Waals surface area contributed by atoms with E-state index in [2.05, 4.69) is 13.8 Å². The lowest BCUT2D eigenvalue weighted by atomic mass is 9.91. The normalized spacial score (nSPS) is 20.6. The Morgan fingerprint density at radius 1 is 1.38 bits per heavy atom. The standard InChI is InChI=1S/C16H30N2O3/c1-12(2)8-14(10-17)9-15(19)18-7-3-4-13(11-18)5-6-16(20)21/h12-14H,3-11,17H2,1-2H3,(H,20,21). The number of amides is 1. The van der Waals surface area contributed by atoms with Gasteiger partial charge in [0.15, 0.2) is 0 Å². The zero-order valence-corrected chi connectivity index (χ0v) is 13.4. The minimum atomic E-state index is -0.751. The first-order valence-corrected chi connectivity index (χ1v) is 8.12. The van der Waals surface area contributed by atoms with Crippen LogP contribution in [0.1, 0.15) is 52.4 Å². The zero-order chi connectivity index (χ0) is 15.8. The van der Waals surface area contributed by atoms with Gasteiger partial charge in [-0.25, -0.2) is 0 Å². The van der Waals surface area contributed by atoms with E-state index in [1.54, 1.807) is 0 Å². The molecule has 1 aliphatic heterocycles. The smallest absolute Gasteiger partial charge is 0.303 e. The van der Waals surface area contributed by atoms with Gasteiger partial charge in [-0.15, -0.1) is 0 Å². The second-order valence-corrected chi connectivity index (χ2v) is 6.72. The molecule has 2 atom stereocenters. The predicted octanol–water partition coefficient (Wildman–Crippen LogP) is 2.10. The third-order valence-electron chi connectivity index (χ3n) is 4.24. The number of carbonyl (C=O) groups is 2. The molecule has 1 rings (SSSR count). The van der Waals surface area contributed by atoms with Crippen LogP contribution in [0.5, 0.6) is 0 Å². The molecule has 21 heavy (non-hydrogen) atoms. The van der Waals surface area contributed by atoms with Crippen molar-refractivity contribution in [3.05, 3.63) is 0 Å². The van der Waals surface area contributed by atoms with E-state index in [0.717, 1.165) is 25.8 Å². The summed E-state index contributed by atoms with van der Waals surface area (Å²) in [6.07, 6.45) is 4.40. The molecule has 0 aromatic heterocycles. The molecule has 0 aromatic carbocycles. The highest BCUT2D eigenvalue weighted by molar-refractivity contribution is 5.76. The number of carbonyl (C=O) groups excluding carboxylic acids is 1. The Hall–Kier alpha value is -1.10. The number of nitrogens with two attached hydrogens (primary N) is 1. The molecule has 0 spiro atoms. The molecule has 1 heterocycles. The third kappa shape index (κ3) is 6.93. The van der Waals surface area contributed by atoms with Gasteiger partial charge in [0.1, 0.15) is 0 Å². The minimum Gasteiger partial charge on any atom is -0.481 e. The molecule has 0 aromatic rings. The maximum absolute atomic E-state index is 12.4. The van der Waals surface area contributed by atoms with Gasteiger partial charge in [0, 0.05) is 25.9 Å². The highest BCUT2D eigenvalue weighted by Gasteiger charge is 2.25. The van der Waals surface area contributed by atoms with Gasteiger partial charge in [-0.1, -0.05) is 13.8 Å². The molecule has 122 valence electrons. The molecule has 1 amide bonds. The fourth-order valence-electron chi connectivity index (χ4n) is 3.16. The fourth-order valence-corrected chi connectivity index (χ4v) is 3.16. The van der Waals surface area contributed by atoms with E-state index in [1.165, 1.54) is 0 Å². The second kappa shape index (κ2) is 9.03. The Kier molecular flexibility index (Phi) is 7.72. The lowest BCUT2D eigenvalue weighted by Gasteiger charge is -2.33. The van der Waals surface area contributed by atoms with Crippen LogP contribution in [0.3, 0.4) is 0 Å². The van der Waals surface area contributed by atoms with Crippen LogP contribution in [-0.2, 0) is 9.59 Å². The number of hydrogen-bond acceptors (Lipinski definition) is 3. The number of rotatable bonds is 8. The second-order valence-electron chi connectivity index (χ2n) is 6.72. The van der Waals surface area contributed by atoms with Crippen LogP contribution >= 0.6 is 0 Å². The van der Waals surface area contributed by atoms with E-state index in [-0.39, 0.29) is 18.2 Å². The van der Waals surface area contributed by atoms with Gasteiger partial charge < -0.3 is 15.7 Å². The minimum absolute atomic E-state index is 0.186. The molecule has 2 unspecified atom stereocenters. The summed E-state index contributed by atoms with van der Waals surface area (Å²) >= 11 is 0. The van der Waals surface area contributed by atoms with Crippen molar-refractivity contribution in [3.63, 3.8) is 0 Å². The van der Waals surface area contributed by atoms with E-state index in [0.29, 0.717) is 37.8 Å². The highest BCUT2D eigenvalue weighted by Crippen LogP contribution is 2.23. The van der Waals surface area contributed by atoms with Crippen molar-refractivity contribution in [3.8, 4) is 0 Å². The first-order chi connectivity index (χ1) is 9.92. The fraction of sp³-hybridized carbons (Fsp3) is 0.875. The molecule has 5 heteroatoms. The molecular weight excluding hydrogens is 268 g/mol. The summed E-state index contributed by atoms with van der Waals surface area (Å²) in [4.78, 5) is 25.0. The summed E-state index contributed by atoms with van der Waals surface area (Å²) in [5, 5.41) is 8.76. The van der Waals surface area contributed by atoms with Crippen LogP contribution in [0.25, 0.3) is 0 Å². The summed E-state index contributed by atoms with van der Waals surface area (Å²) in [7, 11) is 0. The van der Waals surface area contributed by atoms with Crippen LogP contribution < -0.4 is 5.73 Å². The Balaban J connectivity index is 2.43. The van der Waals surface area contributed by atoms with E-state index in [1.807, 2.05) is 4.90 Å². The number of nitrogens with zero attached hydrogens (tertiary/aromatic N) is 1. The average molecular weight is 298 g/mol. The van der Waals surface area contributed by atoms with Crippen molar-refractivity contribution in [1.82, 2.24) is 4.90 Å². The maximum Gasteiger partial charge on any atom is 0.303 e. The molecule has 0 radical (unpaired) electrons. The van der Waals surface area contributed by atoms with Crippen molar-refractivity contribution in [2.75, 3.05) is 19.6 Å². The number of carboxylic acid groups (broad SMARTS) is 1. The van der Waals surface area contributed by atoms with Gasteiger partial charge >= 0.3 is 5.97 Å². The largest absolute Gasteiger partial charge is 0.481 e. The van der Waals surface area contributed by atoms with Crippen LogP contribution in [0.2, 0.25) is 0 Å². The van der Waals surface area contributed by atoms with Crippen LogP contribution in [0, 0.1) is 17.8 Å². The maximum atomic E-state index is 12.4. The van der Waals surface area contributed by atoms with Gasteiger partial charge in [0.05, 0.1) is 0 Å². The van der Waals surface area contributed by atoms with Crippen LogP contribution in [0.15, 0.2) is 0 Å². The lowest BCUT2D eigenvalue weighted by Crippen LogP contribution is -2.41. The number of hydrogen-bond donors (Lipinski definition) is 2. The topological polar surface area (TPSA) is 83.6 Å². The Bertz CT molecular complexity index is 344. The predicted molar refractivity (Wildman–Crippen MR) is 82.8 cm³/mol. The van der Waals surface area contributed by atoms with E-state index < -0.39 is 5.97 Å². The zero-order valence-electron chi connectivity index (χ0n) is 13.4. The van der Waals surface area contributed by atoms with E-state index >= 15 is 0 Å². The Morgan fingerprint density at radius 2 is 2.10 bits per heavy atom. The van der Waals surface area contributed by atoms with Crippen molar-refractivity contribution in [1.29, 1.82) is 0 Å². The Morgan fingerprint density at radius 3 is 2.67 bits per heavy atom. The van der Waals surface area contributed by atoms with E-state index in [4.69, 9.17) is 10.8 Å². The number of piperidine rings is 1. The first kappa shape index (κ1) is 18.0. The van der Waals surface area contributed by atoms with Gasteiger partial charge in [-0.2, -0.15) is 0 Å². The molecule has 1 saturated heterocycles. The van der Waals surface area contributed by atoms with Crippen LogP contribution in [0.4, 0.5) is 0 Å². The van der Waals surface area contributed by atoms with Gasteiger partial charge in [0.25, 0.3) is 0 Å². The van der Waals surface area contributed by atoms with Crippen molar-refractivity contribution in [2.45, 2.75) is 52.4 Å². The summed E-state index contributed by atoms with van der Waals surface area (Å²) in [6, 6.07) is 0. The average Bonchev–Trinajstić information content (AvgIpc) is 2.44. The molecule has 0 saturated carbocycles. The molecule has 5 nitrogen and oxygen atoms in total. The number of carboxylic acids is 1. The van der Waals surface area contributed by atoms with Gasteiger partial charge in [0.2, 0.25) is 5.91 Å². The molecule has 0 aliphatic carbocycles. The molecule has 1 fully saturated rings. The van der Waals surface area contributed by atoms with Crippen molar-refractivity contribution >= 4 is 11.9 Å². The quantitative estimate of drug-likeness (QED) is 0.719. The SMILES string of the molecule is CC(C)CC(CN)CC(=O)N1CCCC(CCC(=O)O)C1. The molecule has 3 N–H and O–H groups in total. The van der Waals surface area contributed by atoms with Crippen LogP contribution in [-0.4, -0.2) is 41.5 Å². The highest BCUT2D eigenvalue weighted by atomic mass is 16.4. The first-order valence-electron chi connectivity index (χ1n) is 8.12. The number of aliphatic carboxylic acids is 1.